The number of aliphatic carboxylic acids is 1. The molecule has 0 atom stereocenters. The van der Waals surface area contributed by atoms with Gasteiger partial charge in [0.1, 0.15) is 21.8 Å². The van der Waals surface area contributed by atoms with Gasteiger partial charge in [-0.25, -0.2) is 0 Å². The fourth-order valence-corrected chi connectivity index (χ4v) is 5.06. The topological polar surface area (TPSA) is 116 Å². The number of pyridine rings is 1. The first-order chi connectivity index (χ1) is 15.3. The number of nitrogens with zero attached hydrogens (tertiary/aromatic N) is 4. The Bertz CT molecular complexity index is 1080. The molecule has 0 aliphatic carbocycles. The maximum atomic E-state index is 13.0. The number of hydrogen-bond donors (Lipinski definition) is 1. The Morgan fingerprint density at radius 2 is 2.03 bits per heavy atom. The SMILES string of the molecule is CCn1c(N2CCOCC2)c(/C=C2\SC(=S)N(CCCC(=O)O)C2=O)c(C)c(C#N)c1=O. The van der Waals surface area contributed by atoms with Gasteiger partial charge in [0.15, 0.2) is 0 Å². The summed E-state index contributed by atoms with van der Waals surface area (Å²) in [5, 5.41) is 18.5. The number of rotatable bonds is 7. The Kier molecular flexibility index (Phi) is 7.71. The number of morpholine rings is 1. The van der Waals surface area contributed by atoms with Gasteiger partial charge in [0.05, 0.1) is 18.1 Å². The number of ether oxygens (including phenoxy) is 1. The van der Waals surface area contributed by atoms with Crippen molar-refractivity contribution in [2.24, 2.45) is 0 Å². The fraction of sp³-hybridized carbons (Fsp3) is 0.476. The van der Waals surface area contributed by atoms with Crippen LogP contribution in [0.2, 0.25) is 0 Å². The molecule has 0 unspecified atom stereocenters. The van der Waals surface area contributed by atoms with Crippen molar-refractivity contribution in [3.05, 3.63) is 31.9 Å². The van der Waals surface area contributed by atoms with Crippen LogP contribution in [0.15, 0.2) is 9.70 Å². The molecule has 9 nitrogen and oxygen atoms in total. The molecule has 170 valence electrons. The van der Waals surface area contributed by atoms with Crippen molar-refractivity contribution in [1.82, 2.24) is 9.47 Å². The zero-order valence-electron chi connectivity index (χ0n) is 17.9. The van der Waals surface area contributed by atoms with Crippen LogP contribution in [-0.4, -0.2) is 63.6 Å². The lowest BCUT2D eigenvalue weighted by Gasteiger charge is -2.33. The Hall–Kier alpha value is -2.68. The molecule has 0 aromatic carbocycles. The molecule has 1 aromatic rings. The molecular weight excluding hydrogens is 452 g/mol. The van der Waals surface area contributed by atoms with Crippen molar-refractivity contribution < 1.29 is 19.4 Å². The van der Waals surface area contributed by atoms with Gasteiger partial charge >= 0.3 is 5.97 Å². The number of carbonyl (C=O) groups is 2. The van der Waals surface area contributed by atoms with Crippen LogP contribution in [0.3, 0.4) is 0 Å². The molecule has 1 N–H and O–H groups in total. The van der Waals surface area contributed by atoms with Crippen LogP contribution >= 0.6 is 24.0 Å². The van der Waals surface area contributed by atoms with E-state index in [4.69, 9.17) is 22.1 Å². The minimum absolute atomic E-state index is 0.0482. The molecule has 32 heavy (non-hydrogen) atoms. The maximum Gasteiger partial charge on any atom is 0.303 e. The van der Waals surface area contributed by atoms with Gasteiger partial charge in [0.25, 0.3) is 11.5 Å². The van der Waals surface area contributed by atoms with Crippen LogP contribution < -0.4 is 10.5 Å². The van der Waals surface area contributed by atoms with Crippen LogP contribution in [0.1, 0.15) is 36.5 Å². The highest BCUT2D eigenvalue weighted by Gasteiger charge is 2.33. The summed E-state index contributed by atoms with van der Waals surface area (Å²) in [5.74, 6) is -0.568. The lowest BCUT2D eigenvalue weighted by atomic mass is 10.0. The summed E-state index contributed by atoms with van der Waals surface area (Å²) in [6, 6.07) is 2.01. The van der Waals surface area contributed by atoms with Gasteiger partial charge in [-0.1, -0.05) is 24.0 Å². The van der Waals surface area contributed by atoms with E-state index < -0.39 is 5.97 Å². The first kappa shape index (κ1) is 24.0. The molecule has 0 saturated carbocycles. The number of hydrogen-bond acceptors (Lipinski definition) is 8. The molecular formula is C21H24N4O5S2. The third kappa shape index (κ3) is 4.72. The maximum absolute atomic E-state index is 13.0. The quantitative estimate of drug-likeness (QED) is 0.466. The normalized spacial score (nSPS) is 17.8. The monoisotopic (exact) mass is 476 g/mol. The largest absolute Gasteiger partial charge is 0.481 e. The van der Waals surface area contributed by atoms with Crippen molar-refractivity contribution in [2.75, 3.05) is 37.7 Å². The number of carbonyl (C=O) groups excluding carboxylic acids is 1. The van der Waals surface area contributed by atoms with Crippen LogP contribution in [0.5, 0.6) is 0 Å². The van der Waals surface area contributed by atoms with Gasteiger partial charge < -0.3 is 14.7 Å². The first-order valence-corrected chi connectivity index (χ1v) is 11.5. The summed E-state index contributed by atoms with van der Waals surface area (Å²) in [6.07, 6.45) is 1.94. The lowest BCUT2D eigenvalue weighted by Crippen LogP contribution is -2.41. The second kappa shape index (κ2) is 10.3. The highest BCUT2D eigenvalue weighted by Crippen LogP contribution is 2.36. The average Bonchev–Trinajstić information content (AvgIpc) is 3.03. The molecule has 3 rings (SSSR count). The highest BCUT2D eigenvalue weighted by molar-refractivity contribution is 8.26. The van der Waals surface area contributed by atoms with E-state index in [0.29, 0.717) is 65.4 Å². The molecule has 2 aliphatic heterocycles. The zero-order valence-corrected chi connectivity index (χ0v) is 19.6. The predicted molar refractivity (Wildman–Crippen MR) is 126 cm³/mol. The number of thiocarbonyl (C=S) groups is 1. The summed E-state index contributed by atoms with van der Waals surface area (Å²) in [7, 11) is 0. The standard InChI is InChI=1S/C21H24N4O5S2/c1-3-24-18(23-7-9-30-10-8-23)14(13(2)15(12-22)19(24)28)11-16-20(29)25(21(31)32-16)6-4-5-17(26)27/h11H,3-10H2,1-2H3,(H,26,27)/b16-11-. The number of nitriles is 1. The summed E-state index contributed by atoms with van der Waals surface area (Å²) in [6.45, 7) is 6.35. The molecule has 0 bridgehead atoms. The molecule has 3 heterocycles. The second-order valence-corrected chi connectivity index (χ2v) is 9.00. The molecule has 1 aromatic heterocycles. The van der Waals surface area contributed by atoms with E-state index >= 15 is 0 Å². The Morgan fingerprint density at radius 1 is 1.34 bits per heavy atom. The van der Waals surface area contributed by atoms with Crippen LogP contribution in [0.25, 0.3) is 6.08 Å². The van der Waals surface area contributed by atoms with Crippen molar-refractivity contribution in [3.63, 3.8) is 0 Å². The third-order valence-corrected chi connectivity index (χ3v) is 6.77. The van der Waals surface area contributed by atoms with Crippen molar-refractivity contribution in [1.29, 1.82) is 5.26 Å². The van der Waals surface area contributed by atoms with Crippen molar-refractivity contribution >= 4 is 52.1 Å². The average molecular weight is 477 g/mol. The Morgan fingerprint density at radius 3 is 2.62 bits per heavy atom. The summed E-state index contributed by atoms with van der Waals surface area (Å²) in [4.78, 5) is 40.6. The summed E-state index contributed by atoms with van der Waals surface area (Å²) < 4.78 is 7.38. The summed E-state index contributed by atoms with van der Waals surface area (Å²) >= 11 is 6.48. The van der Waals surface area contributed by atoms with E-state index in [0.717, 1.165) is 11.8 Å². The van der Waals surface area contributed by atoms with Gasteiger partial charge in [-0.2, -0.15) is 5.26 Å². The Labute approximate surface area is 195 Å². The molecule has 0 spiro atoms. The smallest absolute Gasteiger partial charge is 0.303 e. The van der Waals surface area contributed by atoms with E-state index in [-0.39, 0.29) is 30.0 Å². The van der Waals surface area contributed by atoms with Gasteiger partial charge in [-0.05, 0) is 31.9 Å². The molecule has 2 aliphatic rings. The number of carboxylic acid groups (broad SMARTS) is 1. The van der Waals surface area contributed by atoms with Gasteiger partial charge in [-0.15, -0.1) is 0 Å². The zero-order chi connectivity index (χ0) is 23.4. The van der Waals surface area contributed by atoms with Crippen molar-refractivity contribution in [2.45, 2.75) is 33.2 Å². The van der Waals surface area contributed by atoms with E-state index in [1.807, 2.05) is 17.9 Å². The first-order valence-electron chi connectivity index (χ1n) is 10.3. The van der Waals surface area contributed by atoms with Crippen LogP contribution in [0, 0.1) is 18.3 Å². The number of anilines is 1. The van der Waals surface area contributed by atoms with Gasteiger partial charge in [0, 0.05) is 38.2 Å². The van der Waals surface area contributed by atoms with E-state index in [1.54, 1.807) is 17.6 Å². The third-order valence-electron chi connectivity index (χ3n) is 5.39. The van der Waals surface area contributed by atoms with E-state index in [1.165, 1.54) is 4.90 Å². The molecule has 0 radical (unpaired) electrons. The fourth-order valence-electron chi connectivity index (χ4n) is 3.77. The van der Waals surface area contributed by atoms with Gasteiger partial charge in [0.2, 0.25) is 0 Å². The molecule has 11 heteroatoms. The predicted octanol–water partition coefficient (Wildman–Crippen LogP) is 1.95. The van der Waals surface area contributed by atoms with E-state index in [9.17, 15) is 19.6 Å². The summed E-state index contributed by atoms with van der Waals surface area (Å²) in [5.41, 5.74) is 0.843. The number of thioether (sulfide) groups is 1. The van der Waals surface area contributed by atoms with Crippen LogP contribution in [0.4, 0.5) is 5.82 Å². The lowest BCUT2D eigenvalue weighted by molar-refractivity contribution is -0.137. The van der Waals surface area contributed by atoms with Gasteiger partial charge in [-0.3, -0.25) is 23.9 Å². The molecule has 2 fully saturated rings. The number of aromatic nitrogens is 1. The van der Waals surface area contributed by atoms with E-state index in [2.05, 4.69) is 0 Å². The minimum atomic E-state index is -0.928. The minimum Gasteiger partial charge on any atom is -0.481 e. The number of amides is 1. The molecule has 2 saturated heterocycles. The number of carboxylic acids is 1. The molecule has 1 amide bonds. The highest BCUT2D eigenvalue weighted by atomic mass is 32.2. The van der Waals surface area contributed by atoms with Crippen LogP contribution in [-0.2, 0) is 20.9 Å². The second-order valence-electron chi connectivity index (χ2n) is 7.33. The van der Waals surface area contributed by atoms with Crippen molar-refractivity contribution in [3.8, 4) is 6.07 Å². The Balaban J connectivity index is 2.08.